The summed E-state index contributed by atoms with van der Waals surface area (Å²) in [5, 5.41) is 9.44. The maximum atomic E-state index is 12.5. The molecule has 0 amide bonds. The van der Waals surface area contributed by atoms with E-state index in [4.69, 9.17) is 10.5 Å². The van der Waals surface area contributed by atoms with Gasteiger partial charge in [0.2, 0.25) is 0 Å². The van der Waals surface area contributed by atoms with Crippen LogP contribution in [-0.2, 0) is 10.1 Å². The van der Waals surface area contributed by atoms with Crippen LogP contribution in [0.5, 0.6) is 0 Å². The fraction of sp³-hybridized carbons (Fsp3) is 0.733. The van der Waals surface area contributed by atoms with Gasteiger partial charge in [0.1, 0.15) is 19.2 Å². The predicted molar refractivity (Wildman–Crippen MR) is 89.3 cm³/mol. The third-order valence-corrected chi connectivity index (χ3v) is 11.7. The zero-order chi connectivity index (χ0) is 16.9. The summed E-state index contributed by atoms with van der Waals surface area (Å²) < 4.78 is 7.80. The minimum Gasteiger partial charge on any atom is -0.390 e. The van der Waals surface area contributed by atoms with Crippen LogP contribution < -0.4 is 11.4 Å². The zero-order valence-electron chi connectivity index (χ0n) is 14.3. The molecular weight excluding hydrogens is 298 g/mol. The van der Waals surface area contributed by atoms with E-state index in [0.717, 1.165) is 0 Å². The maximum absolute atomic E-state index is 12.5. The molecule has 1 aromatic rings. The fourth-order valence-corrected chi connectivity index (χ4v) is 6.16. The molecule has 2 rings (SSSR count). The SMILES string of the molecule is C[C@H]1O[C@](n2ccc(N)nc2=O)([Si](C)(C)C(C)(C)C)C[C@@H]1O. The molecule has 1 aromatic heterocycles. The molecule has 0 radical (unpaired) electrons. The van der Waals surface area contributed by atoms with Crippen molar-refractivity contribution in [2.45, 2.75) is 69.8 Å². The van der Waals surface area contributed by atoms with E-state index in [-0.39, 0.29) is 17.0 Å². The number of aromatic nitrogens is 2. The monoisotopic (exact) mass is 325 g/mol. The molecule has 1 aliphatic heterocycles. The third-order valence-electron chi connectivity index (χ3n) is 5.47. The van der Waals surface area contributed by atoms with Crippen molar-refractivity contribution in [1.29, 1.82) is 0 Å². The van der Waals surface area contributed by atoms with Gasteiger partial charge in [-0.25, -0.2) is 4.79 Å². The molecule has 7 heteroatoms. The summed E-state index contributed by atoms with van der Waals surface area (Å²) >= 11 is 0. The first-order chi connectivity index (χ1) is 9.92. The molecule has 3 N–H and O–H groups in total. The van der Waals surface area contributed by atoms with Crippen molar-refractivity contribution in [3.8, 4) is 0 Å². The summed E-state index contributed by atoms with van der Waals surface area (Å²) in [6.45, 7) is 12.7. The number of hydrogen-bond acceptors (Lipinski definition) is 5. The molecule has 124 valence electrons. The molecule has 0 saturated carbocycles. The van der Waals surface area contributed by atoms with Gasteiger partial charge in [0, 0.05) is 12.6 Å². The Labute approximate surface area is 132 Å². The highest BCUT2D eigenvalue weighted by Gasteiger charge is 2.61. The average molecular weight is 325 g/mol. The number of aliphatic hydroxyl groups excluding tert-OH is 1. The second kappa shape index (κ2) is 5.18. The first kappa shape index (κ1) is 17.2. The van der Waals surface area contributed by atoms with Crippen LogP contribution in [0.3, 0.4) is 0 Å². The van der Waals surface area contributed by atoms with Gasteiger partial charge in [-0.2, -0.15) is 4.98 Å². The van der Waals surface area contributed by atoms with Crippen LogP contribution in [-0.4, -0.2) is 34.9 Å². The molecule has 0 aromatic carbocycles. The molecule has 22 heavy (non-hydrogen) atoms. The van der Waals surface area contributed by atoms with Crippen LogP contribution in [0.4, 0.5) is 5.82 Å². The van der Waals surface area contributed by atoms with Crippen molar-refractivity contribution in [3.63, 3.8) is 0 Å². The Morgan fingerprint density at radius 3 is 2.50 bits per heavy atom. The Hall–Kier alpha value is -1.18. The largest absolute Gasteiger partial charge is 0.390 e. The summed E-state index contributed by atoms with van der Waals surface area (Å²) in [7, 11) is -2.20. The minimum absolute atomic E-state index is 0.0302. The average Bonchev–Trinajstić information content (AvgIpc) is 2.65. The lowest BCUT2D eigenvalue weighted by Crippen LogP contribution is -2.63. The topological polar surface area (TPSA) is 90.4 Å². The molecule has 0 bridgehead atoms. The number of nitrogens with two attached hydrogens (primary N) is 1. The maximum Gasteiger partial charge on any atom is 0.351 e. The Balaban J connectivity index is 2.70. The molecule has 1 saturated heterocycles. The molecule has 6 nitrogen and oxygen atoms in total. The summed E-state index contributed by atoms with van der Waals surface area (Å²) in [4.78, 5) is 16.3. The summed E-state index contributed by atoms with van der Waals surface area (Å²) in [5.74, 6) is 0.193. The van der Waals surface area contributed by atoms with E-state index in [1.54, 1.807) is 16.8 Å². The number of ether oxygens (including phenoxy) is 1. The van der Waals surface area contributed by atoms with Crippen LogP contribution >= 0.6 is 0 Å². The lowest BCUT2D eigenvalue weighted by atomic mass is 10.2. The summed E-state index contributed by atoms with van der Waals surface area (Å²) in [6.07, 6.45) is 1.13. The third kappa shape index (κ3) is 2.41. The van der Waals surface area contributed by atoms with Crippen molar-refractivity contribution < 1.29 is 9.84 Å². The van der Waals surface area contributed by atoms with Crippen LogP contribution in [0, 0.1) is 0 Å². The molecule has 3 atom stereocenters. The van der Waals surface area contributed by atoms with E-state index < -0.39 is 25.2 Å². The molecule has 0 aliphatic carbocycles. The van der Waals surface area contributed by atoms with Gasteiger partial charge in [-0.1, -0.05) is 33.9 Å². The van der Waals surface area contributed by atoms with Gasteiger partial charge in [0.05, 0.1) is 12.2 Å². The molecule has 0 spiro atoms. The number of hydrogen-bond donors (Lipinski definition) is 2. The second-order valence-corrected chi connectivity index (χ2v) is 13.3. The molecular formula is C15H27N3O3Si. The second-order valence-electron chi connectivity index (χ2n) is 7.76. The van der Waals surface area contributed by atoms with Gasteiger partial charge in [0.25, 0.3) is 0 Å². The molecule has 1 aliphatic rings. The van der Waals surface area contributed by atoms with E-state index in [0.29, 0.717) is 6.42 Å². The van der Waals surface area contributed by atoms with Gasteiger partial charge in [-0.05, 0) is 18.0 Å². The van der Waals surface area contributed by atoms with Crippen LogP contribution in [0.2, 0.25) is 18.1 Å². The quantitative estimate of drug-likeness (QED) is 0.808. The van der Waals surface area contributed by atoms with Crippen LogP contribution in [0.25, 0.3) is 0 Å². The Morgan fingerprint density at radius 1 is 1.50 bits per heavy atom. The first-order valence-electron chi connectivity index (χ1n) is 7.64. The van der Waals surface area contributed by atoms with Crippen molar-refractivity contribution in [1.82, 2.24) is 9.55 Å². The number of aliphatic hydroxyl groups is 1. The van der Waals surface area contributed by atoms with Crippen molar-refractivity contribution in [3.05, 3.63) is 22.7 Å². The van der Waals surface area contributed by atoms with Crippen molar-refractivity contribution in [2.24, 2.45) is 0 Å². The van der Waals surface area contributed by atoms with E-state index in [9.17, 15) is 9.90 Å². The number of anilines is 1. The Kier molecular flexibility index (Phi) is 4.04. The highest BCUT2D eigenvalue weighted by molar-refractivity contribution is 6.81. The first-order valence-corrected chi connectivity index (χ1v) is 10.6. The number of rotatable bonds is 2. The Morgan fingerprint density at radius 2 is 2.09 bits per heavy atom. The fourth-order valence-electron chi connectivity index (χ4n) is 3.02. The molecule has 1 fully saturated rings. The van der Waals surface area contributed by atoms with E-state index in [1.807, 2.05) is 6.92 Å². The minimum atomic E-state index is -2.20. The van der Waals surface area contributed by atoms with Crippen molar-refractivity contribution >= 4 is 13.9 Å². The molecule has 2 heterocycles. The zero-order valence-corrected chi connectivity index (χ0v) is 15.3. The highest BCUT2D eigenvalue weighted by Crippen LogP contribution is 2.51. The van der Waals surface area contributed by atoms with Crippen LogP contribution in [0.15, 0.2) is 17.1 Å². The van der Waals surface area contributed by atoms with Gasteiger partial charge in [-0.15, -0.1) is 0 Å². The van der Waals surface area contributed by atoms with E-state index in [2.05, 4.69) is 38.8 Å². The van der Waals surface area contributed by atoms with E-state index in [1.165, 1.54) is 0 Å². The lowest BCUT2D eigenvalue weighted by molar-refractivity contribution is -0.0506. The standard InChI is InChI=1S/C15H27N3O3Si/c1-10-11(19)9-15(21-10,22(5,6)14(2,3)4)18-8-7-12(16)17-13(18)20/h7-8,10-11,19H,9H2,1-6H3,(H2,16,17,20)/t10-,11+,15+/m1/s1. The molecule has 0 unspecified atom stereocenters. The lowest BCUT2D eigenvalue weighted by Gasteiger charge is -2.50. The van der Waals surface area contributed by atoms with Gasteiger partial charge >= 0.3 is 5.69 Å². The van der Waals surface area contributed by atoms with Crippen LogP contribution in [0.1, 0.15) is 34.1 Å². The normalized spacial score (nSPS) is 29.8. The van der Waals surface area contributed by atoms with Gasteiger partial charge in [-0.3, -0.25) is 4.57 Å². The van der Waals surface area contributed by atoms with Crippen molar-refractivity contribution in [2.75, 3.05) is 5.73 Å². The van der Waals surface area contributed by atoms with Gasteiger partial charge < -0.3 is 15.6 Å². The predicted octanol–water partition coefficient (Wildman–Crippen LogP) is 1.70. The smallest absolute Gasteiger partial charge is 0.351 e. The summed E-state index contributed by atoms with van der Waals surface area (Å²) in [5.41, 5.74) is 5.19. The van der Waals surface area contributed by atoms with Gasteiger partial charge in [0.15, 0.2) is 0 Å². The van der Waals surface area contributed by atoms with E-state index >= 15 is 0 Å². The summed E-state index contributed by atoms with van der Waals surface area (Å²) in [6, 6.07) is 1.61. The number of nitrogen functional groups attached to an aromatic ring is 1. The number of nitrogens with zero attached hydrogens (tertiary/aromatic N) is 2. The Bertz CT molecular complexity index is 611. The highest BCUT2D eigenvalue weighted by atomic mass is 28.3.